The van der Waals surface area contributed by atoms with Crippen LogP contribution in [0.25, 0.3) is 11.0 Å². The van der Waals surface area contributed by atoms with Crippen molar-refractivity contribution in [2.24, 2.45) is 5.92 Å². The summed E-state index contributed by atoms with van der Waals surface area (Å²) in [5, 5.41) is 0. The van der Waals surface area contributed by atoms with E-state index in [4.69, 9.17) is 9.47 Å². The number of aromatic nitrogens is 4. The predicted octanol–water partition coefficient (Wildman–Crippen LogP) is 4.16. The first kappa shape index (κ1) is 22.5. The Balaban J connectivity index is 1.31. The van der Waals surface area contributed by atoms with Crippen LogP contribution in [0.4, 0.5) is 5.82 Å². The summed E-state index contributed by atoms with van der Waals surface area (Å²) in [5.41, 5.74) is 2.05. The molecule has 35 heavy (non-hydrogen) atoms. The largest absolute Gasteiger partial charge is 0.466 e. The summed E-state index contributed by atoms with van der Waals surface area (Å²) in [6.07, 6.45) is 4.79. The van der Waals surface area contributed by atoms with Gasteiger partial charge in [0.2, 0.25) is 5.78 Å². The highest BCUT2D eigenvalue weighted by molar-refractivity contribution is 6.08. The van der Waals surface area contributed by atoms with E-state index in [1.807, 2.05) is 36.1 Å². The van der Waals surface area contributed by atoms with Gasteiger partial charge in [-0.25, -0.2) is 15.0 Å². The molecule has 0 saturated carbocycles. The fourth-order valence-electron chi connectivity index (χ4n) is 4.21. The van der Waals surface area contributed by atoms with Crippen LogP contribution in [0.15, 0.2) is 60.9 Å². The number of piperidine rings is 1. The van der Waals surface area contributed by atoms with Crippen molar-refractivity contribution in [1.29, 1.82) is 0 Å². The first-order chi connectivity index (χ1) is 17.1. The topological polar surface area (TPSA) is 110 Å². The quantitative estimate of drug-likeness (QED) is 0.316. The normalized spacial score (nSPS) is 15.7. The summed E-state index contributed by atoms with van der Waals surface area (Å²) in [6, 6.07) is 14.3. The van der Waals surface area contributed by atoms with E-state index in [2.05, 4.69) is 19.9 Å². The molecule has 2 aromatic heterocycles. The van der Waals surface area contributed by atoms with Gasteiger partial charge in [-0.15, -0.1) is 0 Å². The SMILES string of the molecule is CCOC(=O)[C@@H]1CCCN(c2nccnc2Oc2ccc(C(=O)c3nc4ccccc4[nH]3)cc2)C1. The molecule has 1 fully saturated rings. The number of para-hydroxylation sites is 2. The molecular weight excluding hydrogens is 446 g/mol. The summed E-state index contributed by atoms with van der Waals surface area (Å²) in [5.74, 6) is 1.13. The minimum Gasteiger partial charge on any atom is -0.466 e. The van der Waals surface area contributed by atoms with Crippen LogP contribution >= 0.6 is 0 Å². The van der Waals surface area contributed by atoms with E-state index >= 15 is 0 Å². The van der Waals surface area contributed by atoms with Crippen LogP contribution in [0, 0.1) is 5.92 Å². The van der Waals surface area contributed by atoms with Crippen LogP contribution in [-0.2, 0) is 9.53 Å². The monoisotopic (exact) mass is 471 g/mol. The Morgan fingerprint density at radius 1 is 1.09 bits per heavy atom. The second-order valence-corrected chi connectivity index (χ2v) is 8.28. The van der Waals surface area contributed by atoms with Crippen molar-refractivity contribution in [1.82, 2.24) is 19.9 Å². The van der Waals surface area contributed by atoms with E-state index < -0.39 is 0 Å². The minimum absolute atomic E-state index is 0.187. The molecule has 9 heteroatoms. The number of esters is 1. The second kappa shape index (κ2) is 9.92. The first-order valence-corrected chi connectivity index (χ1v) is 11.6. The smallest absolute Gasteiger partial charge is 0.310 e. The van der Waals surface area contributed by atoms with E-state index in [-0.39, 0.29) is 23.5 Å². The number of hydrogen-bond acceptors (Lipinski definition) is 8. The lowest BCUT2D eigenvalue weighted by atomic mass is 9.98. The van der Waals surface area contributed by atoms with Crippen molar-refractivity contribution in [3.05, 3.63) is 72.3 Å². The van der Waals surface area contributed by atoms with Gasteiger partial charge in [-0.2, -0.15) is 0 Å². The van der Waals surface area contributed by atoms with Crippen molar-refractivity contribution < 1.29 is 19.1 Å². The van der Waals surface area contributed by atoms with E-state index in [1.165, 1.54) is 0 Å². The van der Waals surface area contributed by atoms with Crippen LogP contribution in [0.1, 0.15) is 35.9 Å². The number of hydrogen-bond donors (Lipinski definition) is 1. The van der Waals surface area contributed by atoms with Crippen molar-refractivity contribution in [3.63, 3.8) is 0 Å². The fraction of sp³-hybridized carbons (Fsp3) is 0.269. The fourth-order valence-corrected chi connectivity index (χ4v) is 4.21. The summed E-state index contributed by atoms with van der Waals surface area (Å²) in [6.45, 7) is 3.42. The van der Waals surface area contributed by atoms with Crippen LogP contribution < -0.4 is 9.64 Å². The van der Waals surface area contributed by atoms with Crippen molar-refractivity contribution in [2.45, 2.75) is 19.8 Å². The molecule has 1 saturated heterocycles. The van der Waals surface area contributed by atoms with Gasteiger partial charge in [0, 0.05) is 31.0 Å². The molecule has 1 atom stereocenters. The van der Waals surface area contributed by atoms with E-state index in [0.717, 1.165) is 30.4 Å². The number of nitrogens with zero attached hydrogens (tertiary/aromatic N) is 4. The third-order valence-electron chi connectivity index (χ3n) is 5.92. The Kier molecular flexibility index (Phi) is 6.38. The van der Waals surface area contributed by atoms with Crippen LogP contribution in [-0.4, -0.2) is 51.4 Å². The summed E-state index contributed by atoms with van der Waals surface area (Å²) >= 11 is 0. The van der Waals surface area contributed by atoms with Crippen LogP contribution in [0.5, 0.6) is 11.6 Å². The average molecular weight is 472 g/mol. The molecule has 2 aromatic carbocycles. The Hall–Kier alpha value is -4.27. The van der Waals surface area contributed by atoms with Crippen LogP contribution in [0.3, 0.4) is 0 Å². The number of carbonyl (C=O) groups is 2. The summed E-state index contributed by atoms with van der Waals surface area (Å²) < 4.78 is 11.2. The Morgan fingerprint density at radius 3 is 2.69 bits per heavy atom. The number of anilines is 1. The van der Waals surface area contributed by atoms with E-state index in [0.29, 0.717) is 36.2 Å². The summed E-state index contributed by atoms with van der Waals surface area (Å²) in [7, 11) is 0. The van der Waals surface area contributed by atoms with Gasteiger partial charge in [0.1, 0.15) is 5.75 Å². The van der Waals surface area contributed by atoms with Gasteiger partial charge < -0.3 is 19.4 Å². The molecule has 1 aliphatic rings. The molecule has 0 unspecified atom stereocenters. The van der Waals surface area contributed by atoms with E-state index in [9.17, 15) is 9.59 Å². The summed E-state index contributed by atoms with van der Waals surface area (Å²) in [4.78, 5) is 43.4. The molecule has 0 amide bonds. The highest BCUT2D eigenvalue weighted by Crippen LogP contribution is 2.31. The first-order valence-electron chi connectivity index (χ1n) is 11.6. The number of fused-ring (bicyclic) bond motifs is 1. The maximum absolute atomic E-state index is 12.9. The van der Waals surface area contributed by atoms with Crippen LogP contribution in [0.2, 0.25) is 0 Å². The highest BCUT2D eigenvalue weighted by Gasteiger charge is 2.29. The van der Waals surface area contributed by atoms with Gasteiger partial charge in [-0.1, -0.05) is 12.1 Å². The van der Waals surface area contributed by atoms with Crippen molar-refractivity contribution in [2.75, 3.05) is 24.6 Å². The van der Waals surface area contributed by atoms with Gasteiger partial charge in [0.15, 0.2) is 11.6 Å². The zero-order chi connectivity index (χ0) is 24.2. The predicted molar refractivity (Wildman–Crippen MR) is 130 cm³/mol. The van der Waals surface area contributed by atoms with Crippen molar-refractivity contribution in [3.8, 4) is 11.6 Å². The molecule has 178 valence electrons. The molecule has 1 aliphatic heterocycles. The molecule has 0 radical (unpaired) electrons. The number of carbonyl (C=O) groups excluding carboxylic acids is 2. The Morgan fingerprint density at radius 2 is 1.89 bits per heavy atom. The number of ketones is 1. The number of nitrogens with one attached hydrogen (secondary N) is 1. The molecule has 9 nitrogen and oxygen atoms in total. The molecule has 0 bridgehead atoms. The molecular formula is C26H25N5O4. The Labute approximate surface area is 202 Å². The minimum atomic E-state index is -0.206. The third kappa shape index (κ3) is 4.84. The van der Waals surface area contributed by atoms with Gasteiger partial charge in [-0.05, 0) is 56.2 Å². The lowest BCUT2D eigenvalue weighted by Gasteiger charge is -2.32. The lowest BCUT2D eigenvalue weighted by molar-refractivity contribution is -0.148. The third-order valence-corrected chi connectivity index (χ3v) is 5.92. The van der Waals surface area contributed by atoms with Gasteiger partial charge in [0.25, 0.3) is 5.88 Å². The van der Waals surface area contributed by atoms with E-state index in [1.54, 1.807) is 36.7 Å². The molecule has 5 rings (SSSR count). The molecule has 0 spiro atoms. The zero-order valence-corrected chi connectivity index (χ0v) is 19.3. The van der Waals surface area contributed by atoms with Crippen molar-refractivity contribution >= 4 is 28.6 Å². The maximum Gasteiger partial charge on any atom is 0.310 e. The molecule has 0 aliphatic carbocycles. The zero-order valence-electron chi connectivity index (χ0n) is 19.3. The van der Waals surface area contributed by atoms with Gasteiger partial charge >= 0.3 is 5.97 Å². The number of rotatable bonds is 7. The average Bonchev–Trinajstić information content (AvgIpc) is 3.34. The lowest BCUT2D eigenvalue weighted by Crippen LogP contribution is -2.40. The number of ether oxygens (including phenoxy) is 2. The molecule has 3 heterocycles. The number of imidazole rings is 1. The number of benzene rings is 2. The second-order valence-electron chi connectivity index (χ2n) is 8.28. The van der Waals surface area contributed by atoms with Gasteiger partial charge in [-0.3, -0.25) is 9.59 Å². The number of H-pyrrole nitrogens is 1. The van der Waals surface area contributed by atoms with Gasteiger partial charge in [0.05, 0.1) is 23.6 Å². The molecule has 4 aromatic rings. The highest BCUT2D eigenvalue weighted by atomic mass is 16.5. The number of aromatic amines is 1. The maximum atomic E-state index is 12.9. The Bertz CT molecular complexity index is 1320. The molecule has 1 N–H and O–H groups in total. The standard InChI is InChI=1S/C26H25N5O4/c1-2-34-26(33)18-6-5-15-31(16-18)24-25(28-14-13-27-24)35-19-11-9-17(10-12-19)22(32)23-29-20-7-3-4-8-21(20)30-23/h3-4,7-14,18H,2,5-6,15-16H2,1H3,(H,29,30)/t18-/m1/s1.